The number of Topliss-reactive ketones (excluding diaryl/α,β-unsaturated/α-hetero) is 1. The maximum atomic E-state index is 12.7. The summed E-state index contributed by atoms with van der Waals surface area (Å²) in [5.74, 6) is 0.856. The Morgan fingerprint density at radius 2 is 2.24 bits per heavy atom. The molecule has 21 heavy (non-hydrogen) atoms. The van der Waals surface area contributed by atoms with Crippen LogP contribution < -0.4 is 5.32 Å². The molecule has 110 valence electrons. The van der Waals surface area contributed by atoms with Gasteiger partial charge in [0, 0.05) is 19.1 Å². The van der Waals surface area contributed by atoms with Gasteiger partial charge in [-0.15, -0.1) is 0 Å². The van der Waals surface area contributed by atoms with Gasteiger partial charge in [-0.05, 0) is 25.0 Å². The van der Waals surface area contributed by atoms with E-state index >= 15 is 0 Å². The molecule has 3 rings (SSSR count). The van der Waals surface area contributed by atoms with E-state index < -0.39 is 0 Å². The van der Waals surface area contributed by atoms with Crippen LogP contribution in [0.5, 0.6) is 0 Å². The molecule has 1 aromatic heterocycles. The topological polar surface area (TPSA) is 59.8 Å². The normalized spacial score (nSPS) is 17.8. The second-order valence-electron chi connectivity index (χ2n) is 5.74. The number of nitrogens with zero attached hydrogens (tertiary/aromatic N) is 3. The molecule has 5 nitrogen and oxygen atoms in total. The minimum Gasteiger partial charge on any atom is -0.312 e. The zero-order valence-electron chi connectivity index (χ0n) is 12.4. The van der Waals surface area contributed by atoms with Gasteiger partial charge in [0.25, 0.3) is 0 Å². The number of rotatable bonds is 4. The van der Waals surface area contributed by atoms with Gasteiger partial charge in [0.05, 0.1) is 12.3 Å². The molecule has 1 aliphatic heterocycles. The Bertz CT molecular complexity index is 647. The van der Waals surface area contributed by atoms with Crippen molar-refractivity contribution in [3.63, 3.8) is 0 Å². The van der Waals surface area contributed by atoms with Crippen LogP contribution in [0.25, 0.3) is 0 Å². The summed E-state index contributed by atoms with van der Waals surface area (Å²) in [6.07, 6.45) is 1.86. The van der Waals surface area contributed by atoms with Crippen LogP contribution in [-0.4, -0.2) is 27.1 Å². The fourth-order valence-corrected chi connectivity index (χ4v) is 2.89. The molecule has 1 unspecified atom stereocenters. The van der Waals surface area contributed by atoms with Gasteiger partial charge >= 0.3 is 0 Å². The lowest BCUT2D eigenvalue weighted by Gasteiger charge is -2.25. The number of aromatic nitrogens is 3. The highest BCUT2D eigenvalue weighted by Crippen LogP contribution is 2.25. The van der Waals surface area contributed by atoms with E-state index in [1.54, 1.807) is 0 Å². The zero-order valence-corrected chi connectivity index (χ0v) is 12.4. The van der Waals surface area contributed by atoms with Gasteiger partial charge in [-0.3, -0.25) is 4.79 Å². The number of benzene rings is 1. The Hall–Kier alpha value is -2.01. The number of carbonyl (C=O) groups excluding carboxylic acids is 1. The summed E-state index contributed by atoms with van der Waals surface area (Å²) in [5.41, 5.74) is 2.37. The van der Waals surface area contributed by atoms with E-state index in [2.05, 4.69) is 27.5 Å². The minimum absolute atomic E-state index is 0.0905. The first-order valence-electron chi connectivity index (χ1n) is 7.36. The summed E-state index contributed by atoms with van der Waals surface area (Å²) >= 11 is 0. The molecule has 0 saturated heterocycles. The lowest BCUT2D eigenvalue weighted by atomic mass is 9.86. The van der Waals surface area contributed by atoms with E-state index in [1.807, 2.05) is 30.7 Å². The zero-order chi connectivity index (χ0) is 14.8. The SMILES string of the molecule is CC(C)n1ncnc1CC(=O)C1CNCc2ccccc21. The third-order valence-corrected chi connectivity index (χ3v) is 3.95. The molecule has 0 fully saturated rings. The van der Waals surface area contributed by atoms with Crippen LogP contribution in [0.2, 0.25) is 0 Å². The van der Waals surface area contributed by atoms with Gasteiger partial charge in [0.15, 0.2) is 0 Å². The van der Waals surface area contributed by atoms with Crippen molar-refractivity contribution < 1.29 is 4.79 Å². The summed E-state index contributed by atoms with van der Waals surface area (Å²) in [7, 11) is 0. The van der Waals surface area contributed by atoms with Crippen molar-refractivity contribution in [2.24, 2.45) is 0 Å². The molecule has 2 aromatic rings. The van der Waals surface area contributed by atoms with Crippen molar-refractivity contribution in [3.8, 4) is 0 Å². The van der Waals surface area contributed by atoms with Crippen LogP contribution in [0, 0.1) is 0 Å². The molecule has 2 heterocycles. The Balaban J connectivity index is 1.82. The molecule has 5 heteroatoms. The van der Waals surface area contributed by atoms with Gasteiger partial charge in [-0.25, -0.2) is 9.67 Å². The smallest absolute Gasteiger partial charge is 0.149 e. The van der Waals surface area contributed by atoms with E-state index in [0.717, 1.165) is 17.9 Å². The number of ketones is 1. The van der Waals surface area contributed by atoms with E-state index in [9.17, 15) is 4.79 Å². The van der Waals surface area contributed by atoms with E-state index in [0.29, 0.717) is 13.0 Å². The summed E-state index contributed by atoms with van der Waals surface area (Å²) in [4.78, 5) is 16.9. The average Bonchev–Trinajstić information content (AvgIpc) is 2.95. The monoisotopic (exact) mass is 284 g/mol. The second kappa shape index (κ2) is 5.77. The third-order valence-electron chi connectivity index (χ3n) is 3.95. The van der Waals surface area contributed by atoms with Crippen molar-refractivity contribution in [2.45, 2.75) is 38.8 Å². The number of hydrogen-bond donors (Lipinski definition) is 1. The molecular weight excluding hydrogens is 264 g/mol. The number of hydrogen-bond acceptors (Lipinski definition) is 4. The molecule has 0 saturated carbocycles. The Morgan fingerprint density at radius 1 is 1.43 bits per heavy atom. The van der Waals surface area contributed by atoms with Crippen LogP contribution in [0.3, 0.4) is 0 Å². The first-order valence-corrected chi connectivity index (χ1v) is 7.36. The third kappa shape index (κ3) is 2.74. The molecular formula is C16H20N4O. The summed E-state index contributed by atoms with van der Waals surface area (Å²) < 4.78 is 1.82. The Morgan fingerprint density at radius 3 is 3.05 bits per heavy atom. The summed E-state index contributed by atoms with van der Waals surface area (Å²) in [6, 6.07) is 8.38. The van der Waals surface area contributed by atoms with Crippen molar-refractivity contribution in [1.82, 2.24) is 20.1 Å². The first-order chi connectivity index (χ1) is 10.2. The molecule has 0 radical (unpaired) electrons. The largest absolute Gasteiger partial charge is 0.312 e. The number of fused-ring (bicyclic) bond motifs is 1. The molecule has 0 aliphatic carbocycles. The fraction of sp³-hybridized carbons (Fsp3) is 0.438. The Labute approximate surface area is 124 Å². The van der Waals surface area contributed by atoms with Crippen molar-refractivity contribution in [2.75, 3.05) is 6.54 Å². The lowest BCUT2D eigenvalue weighted by Crippen LogP contribution is -2.33. The standard InChI is InChI=1S/C16H20N4O/c1-11(2)20-16(18-10-19-20)7-15(21)14-9-17-8-12-5-3-4-6-13(12)14/h3-6,10-11,14,17H,7-9H2,1-2H3. The molecule has 0 amide bonds. The number of nitrogens with one attached hydrogen (secondary N) is 1. The molecule has 0 bridgehead atoms. The predicted molar refractivity (Wildman–Crippen MR) is 80.0 cm³/mol. The molecule has 1 aliphatic rings. The van der Waals surface area contributed by atoms with E-state index in [4.69, 9.17) is 0 Å². The van der Waals surface area contributed by atoms with Crippen LogP contribution >= 0.6 is 0 Å². The molecule has 1 aromatic carbocycles. The second-order valence-corrected chi connectivity index (χ2v) is 5.74. The van der Waals surface area contributed by atoms with Crippen LogP contribution in [-0.2, 0) is 17.8 Å². The highest BCUT2D eigenvalue weighted by atomic mass is 16.1. The average molecular weight is 284 g/mol. The maximum Gasteiger partial charge on any atom is 0.149 e. The highest BCUT2D eigenvalue weighted by Gasteiger charge is 2.27. The number of carbonyl (C=O) groups is 1. The van der Waals surface area contributed by atoms with Crippen LogP contribution in [0.4, 0.5) is 0 Å². The predicted octanol–water partition coefficient (Wildman–Crippen LogP) is 1.86. The van der Waals surface area contributed by atoms with Gasteiger partial charge in [0.1, 0.15) is 17.9 Å². The van der Waals surface area contributed by atoms with E-state index in [1.165, 1.54) is 11.9 Å². The quantitative estimate of drug-likeness (QED) is 0.931. The lowest BCUT2D eigenvalue weighted by molar-refractivity contribution is -0.120. The molecule has 0 spiro atoms. The maximum absolute atomic E-state index is 12.7. The summed E-state index contributed by atoms with van der Waals surface area (Å²) in [5, 5.41) is 7.52. The fourth-order valence-electron chi connectivity index (χ4n) is 2.89. The minimum atomic E-state index is -0.0905. The van der Waals surface area contributed by atoms with Gasteiger partial charge in [-0.1, -0.05) is 24.3 Å². The van der Waals surface area contributed by atoms with Gasteiger partial charge in [0.2, 0.25) is 0 Å². The first kappa shape index (κ1) is 13.9. The summed E-state index contributed by atoms with van der Waals surface area (Å²) in [6.45, 7) is 5.62. The van der Waals surface area contributed by atoms with Gasteiger partial charge < -0.3 is 5.32 Å². The Kier molecular flexibility index (Phi) is 3.84. The van der Waals surface area contributed by atoms with Crippen LogP contribution in [0.1, 0.15) is 42.8 Å². The van der Waals surface area contributed by atoms with Crippen molar-refractivity contribution in [1.29, 1.82) is 0 Å². The molecule has 1 atom stereocenters. The highest BCUT2D eigenvalue weighted by molar-refractivity contribution is 5.88. The van der Waals surface area contributed by atoms with Gasteiger partial charge in [-0.2, -0.15) is 5.10 Å². The van der Waals surface area contributed by atoms with Crippen LogP contribution in [0.15, 0.2) is 30.6 Å². The van der Waals surface area contributed by atoms with Crippen molar-refractivity contribution in [3.05, 3.63) is 47.5 Å². The van der Waals surface area contributed by atoms with E-state index in [-0.39, 0.29) is 17.7 Å². The van der Waals surface area contributed by atoms with Crippen molar-refractivity contribution >= 4 is 5.78 Å². The molecule has 1 N–H and O–H groups in total.